The number of ether oxygens (including phenoxy) is 1. The number of hydrogen-bond donors (Lipinski definition) is 1. The van der Waals surface area contributed by atoms with E-state index in [4.69, 9.17) is 27.9 Å². The molecule has 0 heterocycles. The van der Waals surface area contributed by atoms with Crippen molar-refractivity contribution in [3.8, 4) is 5.75 Å². The number of halogens is 2. The fourth-order valence-electron chi connectivity index (χ4n) is 3.00. The van der Waals surface area contributed by atoms with Gasteiger partial charge in [-0.3, -0.25) is 13.9 Å². The zero-order chi connectivity index (χ0) is 24.1. The van der Waals surface area contributed by atoms with Gasteiger partial charge in [-0.1, -0.05) is 35.3 Å². The molecule has 2 aromatic carbocycles. The van der Waals surface area contributed by atoms with Gasteiger partial charge in [-0.25, -0.2) is 8.42 Å². The lowest BCUT2D eigenvalue weighted by Gasteiger charge is -2.31. The van der Waals surface area contributed by atoms with Crippen molar-refractivity contribution >= 4 is 50.7 Å². The van der Waals surface area contributed by atoms with Crippen LogP contribution in [0.5, 0.6) is 5.75 Å². The van der Waals surface area contributed by atoms with Gasteiger partial charge in [0.15, 0.2) is 0 Å². The number of amides is 2. The van der Waals surface area contributed by atoms with Crippen molar-refractivity contribution in [3.63, 3.8) is 0 Å². The largest absolute Gasteiger partial charge is 0.497 e. The molecule has 1 N–H and O–H groups in total. The van der Waals surface area contributed by atoms with E-state index in [1.807, 2.05) is 0 Å². The van der Waals surface area contributed by atoms with Crippen LogP contribution in [0.3, 0.4) is 0 Å². The minimum Gasteiger partial charge on any atom is -0.497 e. The number of anilines is 1. The first-order valence-corrected chi connectivity index (χ1v) is 12.1. The second-order valence-electron chi connectivity index (χ2n) is 7.02. The lowest BCUT2D eigenvalue weighted by molar-refractivity contribution is -0.139. The first-order valence-electron chi connectivity index (χ1n) is 9.54. The smallest absolute Gasteiger partial charge is 0.244 e. The maximum absolute atomic E-state index is 13.3. The predicted molar refractivity (Wildman–Crippen MR) is 126 cm³/mol. The van der Waals surface area contributed by atoms with Crippen LogP contribution in [0, 0.1) is 0 Å². The van der Waals surface area contributed by atoms with Crippen LogP contribution in [0.2, 0.25) is 10.0 Å². The molecule has 174 valence electrons. The molecular weight excluding hydrogens is 477 g/mol. The SMILES string of the molecule is CNC(=O)[C@@H](C)N(Cc1ccc(Cl)cc1Cl)C(=O)CN(c1cccc(OC)c1)S(C)(=O)=O. The molecule has 0 aliphatic heterocycles. The van der Waals surface area contributed by atoms with Gasteiger partial charge in [0.2, 0.25) is 21.8 Å². The number of nitrogens with one attached hydrogen (secondary N) is 1. The number of rotatable bonds is 9. The number of sulfonamides is 1. The summed E-state index contributed by atoms with van der Waals surface area (Å²) < 4.78 is 31.1. The van der Waals surface area contributed by atoms with Crippen LogP contribution < -0.4 is 14.4 Å². The molecule has 0 aliphatic rings. The molecule has 8 nitrogen and oxygen atoms in total. The Morgan fingerprint density at radius 3 is 2.41 bits per heavy atom. The summed E-state index contributed by atoms with van der Waals surface area (Å²) >= 11 is 12.2. The second-order valence-corrected chi connectivity index (χ2v) is 9.77. The summed E-state index contributed by atoms with van der Waals surface area (Å²) in [5.41, 5.74) is 0.824. The average molecular weight is 502 g/mol. The Bertz CT molecular complexity index is 1090. The van der Waals surface area contributed by atoms with Gasteiger partial charge >= 0.3 is 0 Å². The van der Waals surface area contributed by atoms with Gasteiger partial charge in [0.1, 0.15) is 18.3 Å². The molecule has 0 unspecified atom stereocenters. The topological polar surface area (TPSA) is 96.0 Å². The molecule has 0 saturated carbocycles. The average Bonchev–Trinajstić information content (AvgIpc) is 2.75. The molecule has 0 spiro atoms. The molecule has 0 fully saturated rings. The van der Waals surface area contributed by atoms with Crippen LogP contribution >= 0.6 is 23.2 Å². The van der Waals surface area contributed by atoms with Crippen molar-refractivity contribution in [3.05, 3.63) is 58.1 Å². The van der Waals surface area contributed by atoms with Crippen molar-refractivity contribution < 1.29 is 22.7 Å². The van der Waals surface area contributed by atoms with E-state index in [9.17, 15) is 18.0 Å². The van der Waals surface area contributed by atoms with Crippen LogP contribution in [-0.4, -0.2) is 58.1 Å². The normalized spacial score (nSPS) is 12.1. The number of benzene rings is 2. The fourth-order valence-corrected chi connectivity index (χ4v) is 4.31. The highest BCUT2D eigenvalue weighted by molar-refractivity contribution is 7.92. The highest BCUT2D eigenvalue weighted by Gasteiger charge is 2.30. The van der Waals surface area contributed by atoms with Crippen LogP contribution in [0.25, 0.3) is 0 Å². The highest BCUT2D eigenvalue weighted by atomic mass is 35.5. The third-order valence-electron chi connectivity index (χ3n) is 4.79. The summed E-state index contributed by atoms with van der Waals surface area (Å²) in [6, 6.07) is 10.3. The third kappa shape index (κ3) is 6.51. The summed E-state index contributed by atoms with van der Waals surface area (Å²) in [6.07, 6.45) is 1.00. The lowest BCUT2D eigenvalue weighted by atomic mass is 10.1. The molecule has 1 atom stereocenters. The van der Waals surface area contributed by atoms with Crippen molar-refractivity contribution in [1.82, 2.24) is 10.2 Å². The molecule has 0 radical (unpaired) electrons. The molecular formula is C21H25Cl2N3O5S. The van der Waals surface area contributed by atoms with E-state index in [2.05, 4.69) is 5.32 Å². The van der Waals surface area contributed by atoms with Gasteiger partial charge in [0, 0.05) is 29.7 Å². The Morgan fingerprint density at radius 1 is 1.16 bits per heavy atom. The van der Waals surface area contributed by atoms with E-state index < -0.39 is 34.4 Å². The molecule has 0 aromatic heterocycles. The molecule has 0 aliphatic carbocycles. The standard InChI is InChI=1S/C21H25Cl2N3O5S/c1-14(21(28)24-2)25(12-15-8-9-16(22)10-19(15)23)20(27)13-26(32(4,29)30)17-6-5-7-18(11-17)31-3/h5-11,14H,12-13H2,1-4H3,(H,24,28)/t14-/m1/s1. The minimum atomic E-state index is -3.82. The minimum absolute atomic E-state index is 0.0147. The molecule has 2 amide bonds. The number of carbonyl (C=O) groups excluding carboxylic acids is 2. The van der Waals surface area contributed by atoms with Gasteiger partial charge < -0.3 is 15.0 Å². The van der Waals surface area contributed by atoms with Crippen molar-refractivity contribution in [1.29, 1.82) is 0 Å². The summed E-state index contributed by atoms with van der Waals surface area (Å²) in [6.45, 7) is 1.02. The van der Waals surface area contributed by atoms with Crippen LogP contribution in [0.15, 0.2) is 42.5 Å². The lowest BCUT2D eigenvalue weighted by Crippen LogP contribution is -2.50. The van der Waals surface area contributed by atoms with Gasteiger partial charge in [0.05, 0.1) is 19.1 Å². The zero-order valence-electron chi connectivity index (χ0n) is 18.1. The van der Waals surface area contributed by atoms with Crippen molar-refractivity contribution in [2.75, 3.05) is 31.3 Å². The van der Waals surface area contributed by atoms with Gasteiger partial charge in [-0.05, 0) is 36.8 Å². The Morgan fingerprint density at radius 2 is 1.84 bits per heavy atom. The van der Waals surface area contributed by atoms with E-state index in [0.29, 0.717) is 21.4 Å². The number of nitrogens with zero attached hydrogens (tertiary/aromatic N) is 2. The van der Waals surface area contributed by atoms with Crippen molar-refractivity contribution in [2.45, 2.75) is 19.5 Å². The molecule has 2 rings (SSSR count). The van der Waals surface area contributed by atoms with E-state index in [1.54, 1.807) is 37.3 Å². The van der Waals surface area contributed by atoms with Crippen LogP contribution in [-0.2, 0) is 26.2 Å². The number of methoxy groups -OCH3 is 1. The predicted octanol–water partition coefficient (Wildman–Crippen LogP) is 2.93. The molecule has 32 heavy (non-hydrogen) atoms. The Hall–Kier alpha value is -2.49. The van der Waals surface area contributed by atoms with Crippen LogP contribution in [0.4, 0.5) is 5.69 Å². The number of carbonyl (C=O) groups is 2. The van der Waals surface area contributed by atoms with Gasteiger partial charge in [0.25, 0.3) is 0 Å². The molecule has 0 saturated heterocycles. The van der Waals surface area contributed by atoms with E-state index in [1.165, 1.54) is 31.2 Å². The maximum Gasteiger partial charge on any atom is 0.244 e. The molecule has 2 aromatic rings. The zero-order valence-corrected chi connectivity index (χ0v) is 20.5. The summed E-state index contributed by atoms with van der Waals surface area (Å²) in [4.78, 5) is 26.9. The summed E-state index contributed by atoms with van der Waals surface area (Å²) in [7, 11) is -0.913. The third-order valence-corrected chi connectivity index (χ3v) is 6.52. The first-order chi connectivity index (χ1) is 15.0. The number of likely N-dealkylation sites (N-methyl/N-ethyl adjacent to an activating group) is 1. The Kier molecular flexibility index (Phi) is 8.77. The molecule has 11 heteroatoms. The van der Waals surface area contributed by atoms with Gasteiger partial charge in [-0.2, -0.15) is 0 Å². The van der Waals surface area contributed by atoms with E-state index in [-0.39, 0.29) is 12.2 Å². The monoisotopic (exact) mass is 501 g/mol. The fraction of sp³-hybridized carbons (Fsp3) is 0.333. The van der Waals surface area contributed by atoms with Crippen molar-refractivity contribution in [2.24, 2.45) is 0 Å². The van der Waals surface area contributed by atoms with E-state index >= 15 is 0 Å². The Labute approximate surface area is 198 Å². The second kappa shape index (κ2) is 10.9. The van der Waals surface area contributed by atoms with Crippen LogP contribution in [0.1, 0.15) is 12.5 Å². The Balaban J connectivity index is 2.42. The number of hydrogen-bond acceptors (Lipinski definition) is 5. The quantitative estimate of drug-likeness (QED) is 0.569. The molecule has 0 bridgehead atoms. The summed E-state index contributed by atoms with van der Waals surface area (Å²) in [5, 5.41) is 3.26. The van der Waals surface area contributed by atoms with E-state index in [0.717, 1.165) is 10.6 Å². The summed E-state index contributed by atoms with van der Waals surface area (Å²) in [5.74, 6) is -0.553. The highest BCUT2D eigenvalue weighted by Crippen LogP contribution is 2.25. The van der Waals surface area contributed by atoms with Gasteiger partial charge in [-0.15, -0.1) is 0 Å². The first kappa shape index (κ1) is 25.8. The maximum atomic E-state index is 13.3.